The van der Waals surface area contributed by atoms with Crippen molar-refractivity contribution in [3.05, 3.63) is 71.8 Å². The van der Waals surface area contributed by atoms with Crippen molar-refractivity contribution in [2.75, 3.05) is 13.1 Å². The SMILES string of the molecule is O[C@@]12CC1CN[C@@H]2c1ccccc1.O[C@]12CC1CN[C@@H]2c1ccccc1. The average molecular weight is 350 g/mol. The highest BCUT2D eigenvalue weighted by atomic mass is 16.3. The lowest BCUT2D eigenvalue weighted by atomic mass is 10.0. The topological polar surface area (TPSA) is 64.5 Å². The third kappa shape index (κ3) is 2.60. The molecular weight excluding hydrogens is 324 g/mol. The molecule has 6 rings (SSSR count). The normalized spacial score (nSPS) is 41.6. The molecule has 0 amide bonds. The van der Waals surface area contributed by atoms with Gasteiger partial charge in [0.25, 0.3) is 0 Å². The molecule has 26 heavy (non-hydrogen) atoms. The zero-order chi connectivity index (χ0) is 17.8. The number of rotatable bonds is 2. The number of hydrogen-bond donors (Lipinski definition) is 4. The van der Waals surface area contributed by atoms with E-state index in [0.29, 0.717) is 11.8 Å². The summed E-state index contributed by atoms with van der Waals surface area (Å²) in [6.45, 7) is 1.94. The Morgan fingerprint density at radius 3 is 1.31 bits per heavy atom. The fourth-order valence-corrected chi connectivity index (χ4v) is 4.85. The highest BCUT2D eigenvalue weighted by molar-refractivity contribution is 5.31. The number of nitrogens with one attached hydrogen (secondary N) is 2. The van der Waals surface area contributed by atoms with Gasteiger partial charge in [0.2, 0.25) is 0 Å². The van der Waals surface area contributed by atoms with Crippen molar-refractivity contribution in [3.63, 3.8) is 0 Å². The van der Waals surface area contributed by atoms with E-state index in [9.17, 15) is 10.2 Å². The Bertz CT molecular complexity index is 712. The second kappa shape index (κ2) is 5.89. The zero-order valence-electron chi connectivity index (χ0n) is 14.8. The van der Waals surface area contributed by atoms with Gasteiger partial charge in [-0.15, -0.1) is 0 Å². The van der Waals surface area contributed by atoms with Gasteiger partial charge in [0.15, 0.2) is 0 Å². The molecule has 2 aromatic rings. The molecule has 136 valence electrons. The van der Waals surface area contributed by atoms with Crippen LogP contribution in [0.25, 0.3) is 0 Å². The van der Waals surface area contributed by atoms with Crippen LogP contribution in [0.4, 0.5) is 0 Å². The Morgan fingerprint density at radius 2 is 1.04 bits per heavy atom. The average Bonchev–Trinajstić information content (AvgIpc) is 3.45. The van der Waals surface area contributed by atoms with Crippen LogP contribution < -0.4 is 10.6 Å². The molecule has 6 atom stereocenters. The van der Waals surface area contributed by atoms with Crippen molar-refractivity contribution >= 4 is 0 Å². The first-order valence-corrected chi connectivity index (χ1v) is 9.63. The minimum absolute atomic E-state index is 0.165. The molecule has 0 spiro atoms. The van der Waals surface area contributed by atoms with E-state index < -0.39 is 11.2 Å². The van der Waals surface area contributed by atoms with Gasteiger partial charge in [-0.05, 0) is 24.0 Å². The predicted molar refractivity (Wildman–Crippen MR) is 100 cm³/mol. The number of hydrogen-bond acceptors (Lipinski definition) is 4. The minimum Gasteiger partial charge on any atom is -0.388 e. The highest BCUT2D eigenvalue weighted by Crippen LogP contribution is 2.56. The van der Waals surface area contributed by atoms with Gasteiger partial charge in [0.1, 0.15) is 0 Å². The van der Waals surface area contributed by atoms with Crippen LogP contribution in [0.5, 0.6) is 0 Å². The van der Waals surface area contributed by atoms with Gasteiger partial charge in [-0.3, -0.25) is 0 Å². The van der Waals surface area contributed by atoms with Gasteiger partial charge in [0, 0.05) is 24.9 Å². The molecule has 2 unspecified atom stereocenters. The Labute approximate surface area is 154 Å². The highest BCUT2D eigenvalue weighted by Gasteiger charge is 2.63. The molecule has 4 fully saturated rings. The third-order valence-electron chi connectivity index (χ3n) is 6.64. The van der Waals surface area contributed by atoms with Crippen molar-refractivity contribution in [2.45, 2.75) is 36.1 Å². The summed E-state index contributed by atoms with van der Waals surface area (Å²) < 4.78 is 0. The Balaban J connectivity index is 0.000000115. The molecule has 2 aliphatic carbocycles. The summed E-state index contributed by atoms with van der Waals surface area (Å²) in [6, 6.07) is 20.8. The molecule has 2 heterocycles. The van der Waals surface area contributed by atoms with E-state index in [2.05, 4.69) is 34.9 Å². The van der Waals surface area contributed by atoms with Crippen LogP contribution in [0.3, 0.4) is 0 Å². The summed E-state index contributed by atoms with van der Waals surface area (Å²) in [5.74, 6) is 0.996. The maximum atomic E-state index is 10.1. The summed E-state index contributed by atoms with van der Waals surface area (Å²) in [7, 11) is 0. The van der Waals surface area contributed by atoms with E-state index in [4.69, 9.17) is 0 Å². The quantitative estimate of drug-likeness (QED) is 0.670. The maximum absolute atomic E-state index is 10.1. The molecule has 4 nitrogen and oxygen atoms in total. The largest absolute Gasteiger partial charge is 0.388 e. The lowest BCUT2D eigenvalue weighted by Gasteiger charge is -2.18. The Kier molecular flexibility index (Phi) is 3.73. The molecule has 2 saturated heterocycles. The Morgan fingerprint density at radius 1 is 0.654 bits per heavy atom. The van der Waals surface area contributed by atoms with Crippen molar-refractivity contribution < 1.29 is 10.2 Å². The summed E-state index contributed by atoms with van der Waals surface area (Å²) >= 11 is 0. The van der Waals surface area contributed by atoms with E-state index in [0.717, 1.165) is 25.9 Å². The van der Waals surface area contributed by atoms with Gasteiger partial charge in [-0.2, -0.15) is 0 Å². The molecule has 2 saturated carbocycles. The monoisotopic (exact) mass is 350 g/mol. The molecule has 4 heteroatoms. The molecule has 4 N–H and O–H groups in total. The van der Waals surface area contributed by atoms with Crippen LogP contribution in [0.15, 0.2) is 60.7 Å². The number of piperidine rings is 2. The van der Waals surface area contributed by atoms with E-state index in [1.807, 2.05) is 36.4 Å². The summed E-state index contributed by atoms with van der Waals surface area (Å²) in [6.07, 6.45) is 1.94. The second-order valence-electron chi connectivity index (χ2n) is 8.29. The molecular formula is C22H26N2O2. The van der Waals surface area contributed by atoms with Crippen LogP contribution in [-0.4, -0.2) is 34.5 Å². The minimum atomic E-state index is -0.429. The van der Waals surface area contributed by atoms with Crippen LogP contribution >= 0.6 is 0 Å². The molecule has 0 radical (unpaired) electrons. The molecule has 0 aromatic heterocycles. The third-order valence-corrected chi connectivity index (χ3v) is 6.64. The number of fused-ring (bicyclic) bond motifs is 2. The van der Waals surface area contributed by atoms with Crippen LogP contribution in [0, 0.1) is 11.8 Å². The Hall–Kier alpha value is -1.72. The van der Waals surface area contributed by atoms with Gasteiger partial charge < -0.3 is 20.8 Å². The fraction of sp³-hybridized carbons (Fsp3) is 0.455. The van der Waals surface area contributed by atoms with Gasteiger partial charge >= 0.3 is 0 Å². The first-order valence-electron chi connectivity index (χ1n) is 9.63. The van der Waals surface area contributed by atoms with E-state index in [-0.39, 0.29) is 12.1 Å². The zero-order valence-corrected chi connectivity index (χ0v) is 14.8. The van der Waals surface area contributed by atoms with E-state index in [1.54, 1.807) is 0 Å². The van der Waals surface area contributed by atoms with E-state index in [1.165, 1.54) is 11.1 Å². The van der Waals surface area contributed by atoms with Gasteiger partial charge in [0.05, 0.1) is 23.3 Å². The summed E-state index contributed by atoms with van der Waals surface area (Å²) in [5, 5.41) is 27.0. The molecule has 2 aromatic carbocycles. The van der Waals surface area contributed by atoms with Crippen LogP contribution in [-0.2, 0) is 0 Å². The summed E-state index contributed by atoms with van der Waals surface area (Å²) in [5.41, 5.74) is 1.57. The first-order chi connectivity index (χ1) is 12.6. The molecule has 0 bridgehead atoms. The second-order valence-corrected chi connectivity index (χ2v) is 8.29. The van der Waals surface area contributed by atoms with Crippen molar-refractivity contribution in [1.82, 2.24) is 10.6 Å². The fourth-order valence-electron chi connectivity index (χ4n) is 4.85. The van der Waals surface area contributed by atoms with Gasteiger partial charge in [-0.1, -0.05) is 60.7 Å². The number of aliphatic hydroxyl groups is 2. The smallest absolute Gasteiger partial charge is 0.0886 e. The van der Waals surface area contributed by atoms with Gasteiger partial charge in [-0.25, -0.2) is 0 Å². The lowest BCUT2D eigenvalue weighted by Crippen LogP contribution is -2.26. The van der Waals surface area contributed by atoms with Crippen molar-refractivity contribution in [2.24, 2.45) is 11.8 Å². The predicted octanol–water partition coefficient (Wildman–Crippen LogP) is 2.16. The number of benzene rings is 2. The first kappa shape index (κ1) is 16.5. The summed E-state index contributed by atoms with van der Waals surface area (Å²) in [4.78, 5) is 0. The lowest BCUT2D eigenvalue weighted by molar-refractivity contribution is 0.115. The van der Waals surface area contributed by atoms with E-state index >= 15 is 0 Å². The molecule has 4 aliphatic rings. The van der Waals surface area contributed by atoms with Crippen molar-refractivity contribution in [1.29, 1.82) is 0 Å². The standard InChI is InChI=1S/2C11H13NO/c2*13-11-6-9(11)7-12-10(11)8-4-2-1-3-5-8/h2*1-5,9-10,12-13H,6-7H2/t9?,10-,11+;9?,10-,11-/m11/s1. The van der Waals surface area contributed by atoms with Crippen LogP contribution in [0.2, 0.25) is 0 Å². The molecule has 2 aliphatic heterocycles. The van der Waals surface area contributed by atoms with Crippen LogP contribution in [0.1, 0.15) is 36.1 Å². The van der Waals surface area contributed by atoms with Crippen molar-refractivity contribution in [3.8, 4) is 0 Å². The maximum Gasteiger partial charge on any atom is 0.0886 e.